The molecule has 0 radical (unpaired) electrons. The van der Waals surface area contributed by atoms with Crippen molar-refractivity contribution in [2.24, 2.45) is 0 Å². The number of rotatable bonds is 27. The molecule has 148 heavy (non-hydrogen) atoms. The quantitative estimate of drug-likeness (QED) is 0.0124. The van der Waals surface area contributed by atoms with Gasteiger partial charge in [-0.3, -0.25) is 14.4 Å². The number of nitrogens with two attached hydrogens (primary N) is 1. The fourth-order valence-corrected chi connectivity index (χ4v) is 32.7. The lowest BCUT2D eigenvalue weighted by atomic mass is 9.98. The Kier molecular flexibility index (Phi) is 41.3. The van der Waals surface area contributed by atoms with Crippen LogP contribution in [0.3, 0.4) is 0 Å². The Morgan fingerprint density at radius 1 is 0.264 bits per heavy atom. The molecule has 0 atom stereocenters. The summed E-state index contributed by atoms with van der Waals surface area (Å²) in [5, 5.41) is 7.44. The number of carbonyl (C=O) groups is 7. The van der Waals surface area contributed by atoms with Gasteiger partial charge in [0.1, 0.15) is 22.4 Å². The fourth-order valence-electron chi connectivity index (χ4n) is 15.3. The van der Waals surface area contributed by atoms with Crippen molar-refractivity contribution in [3.63, 3.8) is 0 Å². The molecule has 0 aliphatic rings. The molecule has 5 N–H and O–H groups in total. The molecule has 16 aromatic carbocycles. The minimum Gasteiger partial charge on any atom is -0.451 e. The number of ether oxygens (including phenoxy) is 4. The summed E-state index contributed by atoms with van der Waals surface area (Å²) in [5.41, 5.74) is 8.53. The van der Waals surface area contributed by atoms with Gasteiger partial charge >= 0.3 is 36.0 Å². The second-order valence-electron chi connectivity index (χ2n) is 35.0. The van der Waals surface area contributed by atoms with Crippen molar-refractivity contribution in [2.45, 2.75) is 157 Å². The van der Waals surface area contributed by atoms with Crippen LogP contribution in [0.15, 0.2) is 447 Å². The predicted octanol–water partition coefficient (Wildman–Crippen LogP) is 32.3. The van der Waals surface area contributed by atoms with E-state index in [4.69, 9.17) is 24.7 Å². The number of anilines is 4. The van der Waals surface area contributed by atoms with Crippen molar-refractivity contribution in [3.8, 4) is 0 Å². The molecule has 0 saturated heterocycles. The van der Waals surface area contributed by atoms with Gasteiger partial charge in [-0.2, -0.15) is 13.2 Å². The summed E-state index contributed by atoms with van der Waals surface area (Å²) in [6.45, 7) is 17.7. The van der Waals surface area contributed by atoms with Gasteiger partial charge in [0.25, 0.3) is 0 Å². The summed E-state index contributed by atoms with van der Waals surface area (Å²) in [6, 6.07) is 130. The minimum absolute atomic E-state index is 0.0862. The van der Waals surface area contributed by atoms with Crippen LogP contribution < -0.4 is 21.7 Å². The summed E-state index contributed by atoms with van der Waals surface area (Å²) in [5.74, 6) is -4.59. The van der Waals surface area contributed by atoms with Gasteiger partial charge in [-0.25, -0.2) is 19.2 Å². The number of hydrogen-bond donors (Lipinski definition) is 4. The van der Waals surface area contributed by atoms with Crippen molar-refractivity contribution in [3.05, 3.63) is 461 Å². The molecular weight excluding hydrogens is 2850 g/mol. The number of nitrogen functional groups attached to an aromatic ring is 1. The zero-order valence-corrected chi connectivity index (χ0v) is 102. The number of nitrogens with one attached hydrogen (secondary N) is 3. The van der Waals surface area contributed by atoms with Crippen LogP contribution in [0.1, 0.15) is 133 Å². The monoisotopic (exact) mass is 2950 g/mol. The van der Waals surface area contributed by atoms with Gasteiger partial charge in [0.05, 0.1) is 90.0 Å². The number of carbonyl (C=O) groups excluding carboxylic acids is 7. The molecule has 0 aliphatic carbocycles. The van der Waals surface area contributed by atoms with Crippen LogP contribution >= 0.6 is 181 Å². The molecule has 0 aliphatic heterocycles. The van der Waals surface area contributed by atoms with Crippen LogP contribution in [0.2, 0.25) is 0 Å². The highest BCUT2D eigenvalue weighted by atomic mass is 127. The normalized spacial score (nSPS) is 11.5. The van der Waals surface area contributed by atoms with Crippen LogP contribution in [0.25, 0.3) is 0 Å². The van der Waals surface area contributed by atoms with E-state index in [9.17, 15) is 46.7 Å². The van der Waals surface area contributed by atoms with E-state index in [1.807, 2.05) is 244 Å². The van der Waals surface area contributed by atoms with Crippen molar-refractivity contribution < 1.29 is 65.7 Å². The molecule has 16 rings (SSSR count). The maximum absolute atomic E-state index is 13.4. The van der Waals surface area contributed by atoms with Crippen LogP contribution in [-0.2, 0) is 99.3 Å². The van der Waals surface area contributed by atoms with Crippen molar-refractivity contribution in [1.82, 2.24) is 0 Å². The highest BCUT2D eigenvalue weighted by Gasteiger charge is 2.42. The fraction of sp³-hybridized carbons (Fsp3) is 0.127. The Labute approximate surface area is 981 Å². The summed E-state index contributed by atoms with van der Waals surface area (Å²) in [4.78, 5) is 102. The van der Waals surface area contributed by atoms with E-state index in [1.165, 1.54) is 73.8 Å². The molecule has 3 amide bonds. The lowest BCUT2D eigenvalue weighted by molar-refractivity contribution is -0.167. The molecule has 15 nitrogen and oxygen atoms in total. The number of amides is 3. The number of hydrogen-bond acceptors (Lipinski definition) is 12. The standard InChI is InChI=1S/C30H21F3I3NO3S.C30H24I3NO3S.C30H26INO3S.C28H24INO2S/c1-29(2,40-27(38)24-22(34)17-23(35)26(25(24)36)37-28(39)30(31,32)33)18-13-15-21(16-14-18)41(19-9-5-3-6-10-19)20-11-7-4-8-12-20;1-19(35)34-28-25(32)18-24(31)26(27(28)33)29(36)37-30(2,3)20-14-16-23(17-15-20)38(21-10-6-4-7-11-21)22-12-8-5-9-13-22;1-21(33)32-28-19-16-23(31)20-27(28)29(34)35-30(2,3)22-14-17-26(18-15-22)36(24-10-6-4-7-11-24)25-12-8-5-9-13-25;1-28(2,32-27(31)25-19-21(29)15-18-26(25)30)20-13-16-24(17-14-20)33(22-9-5-3-6-10-22)23-11-7-4-8-12-23/h3-17H,1-2H3;4-18H,1-3H3;4-20H,1-3H3;3-19H,1-2H3,(H-,30,31)/p+4. The molecular formula is C118H99F3I8N4O11S4+4. The largest absolute Gasteiger partial charge is 0.471 e. The average Bonchev–Trinajstić information content (AvgIpc) is 0.773. The second-order valence-corrected chi connectivity index (χ2v) is 52.4. The van der Waals surface area contributed by atoms with E-state index >= 15 is 0 Å². The van der Waals surface area contributed by atoms with E-state index in [0.717, 1.165) is 41.4 Å². The summed E-state index contributed by atoms with van der Waals surface area (Å²) >= 11 is 16.2. The first-order valence-corrected chi connectivity index (χ1v) is 59.4. The number of benzene rings is 16. The third kappa shape index (κ3) is 30.6. The Morgan fingerprint density at radius 3 is 0.736 bits per heavy atom. The Hall–Kier alpha value is -9.36. The Morgan fingerprint density at radius 2 is 0.486 bits per heavy atom. The maximum Gasteiger partial charge on any atom is 0.471 e. The summed E-state index contributed by atoms with van der Waals surface area (Å²) in [7, 11) is -1.06. The van der Waals surface area contributed by atoms with E-state index in [2.05, 4.69) is 330 Å². The van der Waals surface area contributed by atoms with Gasteiger partial charge in [0.2, 0.25) is 11.8 Å². The first kappa shape index (κ1) is 116. The third-order valence-electron chi connectivity index (χ3n) is 22.7. The number of esters is 4. The third-order valence-corrected chi connectivity index (χ3v) is 38.5. The van der Waals surface area contributed by atoms with Gasteiger partial charge in [-0.15, -0.1) is 0 Å². The highest BCUT2D eigenvalue weighted by molar-refractivity contribution is 14.1. The topological polar surface area (TPSA) is 219 Å². The summed E-state index contributed by atoms with van der Waals surface area (Å²) < 4.78 is 67.7. The molecule has 30 heteroatoms. The van der Waals surface area contributed by atoms with Crippen molar-refractivity contribution in [1.29, 1.82) is 0 Å². The van der Waals surface area contributed by atoms with Crippen LogP contribution in [0.5, 0.6) is 0 Å². The lowest BCUT2D eigenvalue weighted by Gasteiger charge is -2.27. The Bertz CT molecular complexity index is 7230. The highest BCUT2D eigenvalue weighted by Crippen LogP contribution is 2.44. The van der Waals surface area contributed by atoms with Crippen LogP contribution in [0.4, 0.5) is 35.9 Å². The van der Waals surface area contributed by atoms with Crippen molar-refractivity contribution in [2.75, 3.05) is 21.7 Å². The molecule has 0 bridgehead atoms. The average molecular weight is 2950 g/mol. The van der Waals surface area contributed by atoms with Gasteiger partial charge in [0, 0.05) is 41.0 Å². The molecule has 0 heterocycles. The van der Waals surface area contributed by atoms with E-state index in [1.54, 1.807) is 60.7 Å². The maximum atomic E-state index is 13.4. The van der Waals surface area contributed by atoms with E-state index < -0.39 is 58.4 Å². The Balaban J connectivity index is 0.000000165. The number of alkyl halides is 3. The number of halogens is 11. The van der Waals surface area contributed by atoms with Gasteiger partial charge in [0.15, 0.2) is 58.7 Å². The zero-order chi connectivity index (χ0) is 107. The molecule has 0 unspecified atom stereocenters. The van der Waals surface area contributed by atoms with Crippen LogP contribution in [0, 0.1) is 28.6 Å². The molecule has 16 aromatic rings. The van der Waals surface area contributed by atoms with Gasteiger partial charge in [-0.1, -0.05) is 194 Å². The van der Waals surface area contributed by atoms with E-state index in [-0.39, 0.29) is 70.2 Å². The SMILES string of the molecule is CC(=O)Nc1c(I)cc(I)c(C(=O)OC(C)(C)c2ccc([S+](c3ccccc3)c3ccccc3)cc2)c1I.CC(=O)Nc1ccc(I)cc1C(=O)OC(C)(C)c1ccc([S+](c2ccccc2)c2ccccc2)cc1.CC(C)(OC(=O)c1c(I)cc(I)c(NC(=O)C(F)(F)F)c1I)c1ccc([S+](c2ccccc2)c2ccccc2)cc1.CC(C)(OC(=O)c1cc(I)ccc1N)c1ccc([S+](c2ccccc2)c2ccccc2)cc1. The predicted molar refractivity (Wildman–Crippen MR) is 655 cm³/mol. The second kappa shape index (κ2) is 52.8. The molecule has 0 saturated carbocycles. The summed E-state index contributed by atoms with van der Waals surface area (Å²) in [6.07, 6.45) is -5.06. The van der Waals surface area contributed by atoms with Crippen molar-refractivity contribution >= 4 is 289 Å². The van der Waals surface area contributed by atoms with E-state index in [0.29, 0.717) is 44.5 Å². The first-order valence-electron chi connectivity index (χ1n) is 45.8. The molecule has 0 fully saturated rings. The zero-order valence-electron chi connectivity index (χ0n) is 81.3. The molecule has 754 valence electrons. The smallest absolute Gasteiger partial charge is 0.451 e. The lowest BCUT2D eigenvalue weighted by Crippen LogP contribution is -2.31. The van der Waals surface area contributed by atoms with Gasteiger partial charge in [-0.05, 0) is 452 Å². The molecule has 0 spiro atoms. The van der Waals surface area contributed by atoms with Crippen LogP contribution in [-0.4, -0.2) is 47.8 Å². The van der Waals surface area contributed by atoms with Gasteiger partial charge < -0.3 is 40.6 Å². The first-order chi connectivity index (χ1) is 70.5. The minimum atomic E-state index is -5.06. The molecule has 0 aromatic heterocycles.